The molecule has 0 aliphatic carbocycles. The molecular weight excluding hydrogens is 294 g/mol. The number of carbonyl (C=O) groups excluding carboxylic acids is 1. The molecule has 5 heteroatoms. The van der Waals surface area contributed by atoms with Gasteiger partial charge in [0.1, 0.15) is 30.0 Å². The van der Waals surface area contributed by atoms with Crippen molar-refractivity contribution < 1.29 is 19.0 Å². The minimum absolute atomic E-state index is 0.288. The van der Waals surface area contributed by atoms with Crippen molar-refractivity contribution in [1.82, 2.24) is 5.32 Å². The fraction of sp³-hybridized carbons (Fsp3) is 0.278. The SMILES string of the molecule is CCNC(=O)OC(C)COc1ccc(Oc2ccccc2)cc1. The monoisotopic (exact) mass is 315 g/mol. The third-order valence-electron chi connectivity index (χ3n) is 2.92. The number of benzene rings is 2. The van der Waals surface area contributed by atoms with E-state index in [2.05, 4.69) is 5.32 Å². The molecule has 0 aliphatic heterocycles. The Morgan fingerprint density at radius 1 is 1.00 bits per heavy atom. The predicted molar refractivity (Wildman–Crippen MR) is 88.1 cm³/mol. The Balaban J connectivity index is 1.79. The summed E-state index contributed by atoms with van der Waals surface area (Å²) in [6.45, 7) is 4.44. The number of hydrogen-bond donors (Lipinski definition) is 1. The third kappa shape index (κ3) is 5.90. The first-order chi connectivity index (χ1) is 11.2. The van der Waals surface area contributed by atoms with Crippen LogP contribution in [0.15, 0.2) is 54.6 Å². The molecule has 1 amide bonds. The lowest BCUT2D eigenvalue weighted by Crippen LogP contribution is -2.30. The average Bonchev–Trinajstić information content (AvgIpc) is 2.55. The smallest absolute Gasteiger partial charge is 0.407 e. The number of para-hydroxylation sites is 1. The van der Waals surface area contributed by atoms with Crippen LogP contribution in [0.25, 0.3) is 0 Å². The van der Waals surface area contributed by atoms with Crippen molar-refractivity contribution in [3.63, 3.8) is 0 Å². The largest absolute Gasteiger partial charge is 0.490 e. The van der Waals surface area contributed by atoms with E-state index in [0.717, 1.165) is 11.5 Å². The molecular formula is C18H21NO4. The van der Waals surface area contributed by atoms with Crippen LogP contribution in [0, 0.1) is 0 Å². The van der Waals surface area contributed by atoms with Crippen LogP contribution in [0.1, 0.15) is 13.8 Å². The van der Waals surface area contributed by atoms with Crippen LogP contribution in [0.3, 0.4) is 0 Å². The first-order valence-corrected chi connectivity index (χ1v) is 7.57. The standard InChI is InChI=1S/C18H21NO4/c1-3-19-18(20)22-14(2)13-21-15-9-11-17(12-10-15)23-16-7-5-4-6-8-16/h4-12,14H,3,13H2,1-2H3,(H,19,20). The maximum Gasteiger partial charge on any atom is 0.407 e. The zero-order valence-electron chi connectivity index (χ0n) is 13.3. The van der Waals surface area contributed by atoms with Crippen LogP contribution < -0.4 is 14.8 Å². The van der Waals surface area contributed by atoms with E-state index >= 15 is 0 Å². The molecule has 0 saturated carbocycles. The summed E-state index contributed by atoms with van der Waals surface area (Å²) in [4.78, 5) is 11.3. The summed E-state index contributed by atoms with van der Waals surface area (Å²) in [5.41, 5.74) is 0. The molecule has 2 aromatic carbocycles. The quantitative estimate of drug-likeness (QED) is 0.839. The highest BCUT2D eigenvalue weighted by molar-refractivity contribution is 5.67. The van der Waals surface area contributed by atoms with Crippen molar-refractivity contribution in [3.8, 4) is 17.2 Å². The van der Waals surface area contributed by atoms with Gasteiger partial charge in [0.15, 0.2) is 0 Å². The van der Waals surface area contributed by atoms with Gasteiger partial charge >= 0.3 is 6.09 Å². The maximum atomic E-state index is 11.3. The topological polar surface area (TPSA) is 56.8 Å². The molecule has 0 saturated heterocycles. The van der Waals surface area contributed by atoms with E-state index in [0.29, 0.717) is 12.3 Å². The van der Waals surface area contributed by atoms with E-state index in [1.807, 2.05) is 61.5 Å². The molecule has 0 heterocycles. The van der Waals surface area contributed by atoms with Gasteiger partial charge in [0.25, 0.3) is 0 Å². The molecule has 1 unspecified atom stereocenters. The van der Waals surface area contributed by atoms with Gasteiger partial charge in [-0.2, -0.15) is 0 Å². The zero-order valence-corrected chi connectivity index (χ0v) is 13.3. The number of hydrogen-bond acceptors (Lipinski definition) is 4. The first-order valence-electron chi connectivity index (χ1n) is 7.57. The summed E-state index contributed by atoms with van der Waals surface area (Å²) in [5, 5.41) is 2.57. The minimum atomic E-state index is -0.435. The molecule has 2 aromatic rings. The molecule has 0 aliphatic rings. The molecule has 1 N–H and O–H groups in total. The van der Waals surface area contributed by atoms with Crippen molar-refractivity contribution >= 4 is 6.09 Å². The van der Waals surface area contributed by atoms with Gasteiger partial charge in [0, 0.05) is 6.54 Å². The van der Waals surface area contributed by atoms with Crippen LogP contribution in [-0.4, -0.2) is 25.3 Å². The summed E-state index contributed by atoms with van der Waals surface area (Å²) in [6, 6.07) is 16.9. The average molecular weight is 315 g/mol. The van der Waals surface area contributed by atoms with E-state index in [1.165, 1.54) is 0 Å². The second-order valence-electron chi connectivity index (χ2n) is 4.94. The summed E-state index contributed by atoms with van der Waals surface area (Å²) in [6.07, 6.45) is -0.767. The van der Waals surface area contributed by atoms with Gasteiger partial charge in [-0.15, -0.1) is 0 Å². The Morgan fingerprint density at radius 2 is 1.61 bits per heavy atom. The number of carbonyl (C=O) groups is 1. The van der Waals surface area contributed by atoms with Crippen LogP contribution in [0.2, 0.25) is 0 Å². The molecule has 0 radical (unpaired) electrons. The molecule has 1 atom stereocenters. The summed E-state index contributed by atoms with van der Waals surface area (Å²) in [5.74, 6) is 2.21. The highest BCUT2D eigenvalue weighted by atomic mass is 16.6. The third-order valence-corrected chi connectivity index (χ3v) is 2.92. The van der Waals surface area contributed by atoms with Gasteiger partial charge in [-0.1, -0.05) is 18.2 Å². The maximum absolute atomic E-state index is 11.3. The molecule has 5 nitrogen and oxygen atoms in total. The van der Waals surface area contributed by atoms with Gasteiger partial charge in [0.2, 0.25) is 0 Å². The van der Waals surface area contributed by atoms with E-state index in [1.54, 1.807) is 6.92 Å². The predicted octanol–water partition coefficient (Wildman–Crippen LogP) is 3.99. The molecule has 122 valence electrons. The molecule has 2 rings (SSSR count). The molecule has 0 bridgehead atoms. The Morgan fingerprint density at radius 3 is 2.26 bits per heavy atom. The van der Waals surface area contributed by atoms with Crippen LogP contribution in [0.4, 0.5) is 4.79 Å². The summed E-state index contributed by atoms with van der Waals surface area (Å²) < 4.78 is 16.4. The molecule has 23 heavy (non-hydrogen) atoms. The van der Waals surface area contributed by atoms with E-state index in [-0.39, 0.29) is 12.7 Å². The lowest BCUT2D eigenvalue weighted by atomic mass is 10.3. The van der Waals surface area contributed by atoms with Crippen molar-refractivity contribution in [2.75, 3.05) is 13.2 Å². The fourth-order valence-electron chi connectivity index (χ4n) is 1.84. The van der Waals surface area contributed by atoms with Gasteiger partial charge in [-0.25, -0.2) is 4.79 Å². The summed E-state index contributed by atoms with van der Waals surface area (Å²) >= 11 is 0. The highest BCUT2D eigenvalue weighted by Gasteiger charge is 2.09. The number of amides is 1. The summed E-state index contributed by atoms with van der Waals surface area (Å²) in [7, 11) is 0. The van der Waals surface area contributed by atoms with Crippen molar-refractivity contribution in [2.45, 2.75) is 20.0 Å². The lowest BCUT2D eigenvalue weighted by molar-refractivity contribution is 0.0758. The Hall–Kier alpha value is -2.69. The Bertz CT molecular complexity index is 598. The van der Waals surface area contributed by atoms with E-state index in [4.69, 9.17) is 14.2 Å². The second kappa shape index (κ2) is 8.68. The van der Waals surface area contributed by atoms with Crippen molar-refractivity contribution in [1.29, 1.82) is 0 Å². The van der Waals surface area contributed by atoms with Gasteiger partial charge in [0.05, 0.1) is 0 Å². The number of rotatable bonds is 7. The first kappa shape index (κ1) is 16.7. The number of nitrogens with one attached hydrogen (secondary N) is 1. The minimum Gasteiger partial charge on any atom is -0.490 e. The number of ether oxygens (including phenoxy) is 3. The molecule has 0 spiro atoms. The van der Waals surface area contributed by atoms with Gasteiger partial charge in [-0.05, 0) is 50.2 Å². The van der Waals surface area contributed by atoms with E-state index in [9.17, 15) is 4.79 Å². The highest BCUT2D eigenvalue weighted by Crippen LogP contribution is 2.23. The Kier molecular flexibility index (Phi) is 6.29. The second-order valence-corrected chi connectivity index (χ2v) is 4.94. The van der Waals surface area contributed by atoms with Crippen molar-refractivity contribution in [3.05, 3.63) is 54.6 Å². The Labute approximate surface area is 136 Å². The van der Waals surface area contributed by atoms with Crippen LogP contribution >= 0.6 is 0 Å². The zero-order chi connectivity index (χ0) is 16.5. The van der Waals surface area contributed by atoms with Gasteiger partial charge < -0.3 is 19.5 Å². The molecule has 0 aromatic heterocycles. The van der Waals surface area contributed by atoms with Gasteiger partial charge in [-0.3, -0.25) is 0 Å². The normalized spacial score (nSPS) is 11.4. The van der Waals surface area contributed by atoms with Crippen molar-refractivity contribution in [2.24, 2.45) is 0 Å². The number of alkyl carbamates (subject to hydrolysis) is 1. The fourth-order valence-corrected chi connectivity index (χ4v) is 1.84. The molecule has 0 fully saturated rings. The van der Waals surface area contributed by atoms with E-state index < -0.39 is 6.09 Å². The van der Waals surface area contributed by atoms with Crippen LogP contribution in [0.5, 0.6) is 17.2 Å². The lowest BCUT2D eigenvalue weighted by Gasteiger charge is -2.14. The van der Waals surface area contributed by atoms with Crippen LogP contribution in [-0.2, 0) is 4.74 Å².